The number of carboxylic acids is 1. The van der Waals surface area contributed by atoms with Gasteiger partial charge in [-0.2, -0.15) is 8.78 Å². The fourth-order valence-electron chi connectivity index (χ4n) is 2.83. The van der Waals surface area contributed by atoms with Gasteiger partial charge in [0.15, 0.2) is 11.6 Å². The molecule has 0 fully saturated rings. The van der Waals surface area contributed by atoms with E-state index in [0.29, 0.717) is 17.2 Å². The Hall–Kier alpha value is -2.62. The Morgan fingerprint density at radius 2 is 2.20 bits per heavy atom. The van der Waals surface area contributed by atoms with Gasteiger partial charge in [0, 0.05) is 6.54 Å². The van der Waals surface area contributed by atoms with Gasteiger partial charge in [0.1, 0.15) is 17.7 Å². The highest BCUT2D eigenvalue weighted by Gasteiger charge is 2.33. The molecule has 2 aromatic rings. The van der Waals surface area contributed by atoms with E-state index in [2.05, 4.69) is 14.9 Å². The molecule has 25 heavy (non-hydrogen) atoms. The number of benzene rings is 1. The highest BCUT2D eigenvalue weighted by molar-refractivity contribution is 5.73. The van der Waals surface area contributed by atoms with E-state index in [1.165, 1.54) is 6.07 Å². The van der Waals surface area contributed by atoms with Gasteiger partial charge in [0.25, 0.3) is 0 Å². The summed E-state index contributed by atoms with van der Waals surface area (Å²) in [6.07, 6.45) is 0. The monoisotopic (exact) mass is 356 g/mol. The minimum Gasteiger partial charge on any atom is -0.480 e. The van der Waals surface area contributed by atoms with Crippen LogP contribution in [0.5, 0.6) is 5.75 Å². The van der Waals surface area contributed by atoms with E-state index in [1.807, 2.05) is 0 Å². The molecule has 0 amide bonds. The van der Waals surface area contributed by atoms with Crippen molar-refractivity contribution < 1.29 is 27.8 Å². The SMILES string of the molecule is Cc1nnc2n1CC(C(=O)O)N(Cc1ccc(OC(F)F)c(F)c1)C2. The first-order chi connectivity index (χ1) is 11.8. The van der Waals surface area contributed by atoms with Gasteiger partial charge in [-0.05, 0) is 24.6 Å². The van der Waals surface area contributed by atoms with Crippen LogP contribution in [0.2, 0.25) is 0 Å². The average Bonchev–Trinajstić information content (AvgIpc) is 2.89. The number of halogens is 3. The zero-order valence-corrected chi connectivity index (χ0v) is 13.2. The van der Waals surface area contributed by atoms with Crippen LogP contribution in [0.25, 0.3) is 0 Å². The van der Waals surface area contributed by atoms with Gasteiger partial charge in [-0.1, -0.05) is 6.07 Å². The highest BCUT2D eigenvalue weighted by atomic mass is 19.3. The number of nitrogens with zero attached hydrogens (tertiary/aromatic N) is 4. The number of hydrogen-bond donors (Lipinski definition) is 1. The van der Waals surface area contributed by atoms with E-state index in [-0.39, 0.29) is 19.6 Å². The Kier molecular flexibility index (Phi) is 4.62. The molecule has 0 aliphatic carbocycles. The number of carboxylic acid groups (broad SMARTS) is 1. The number of hydrogen-bond acceptors (Lipinski definition) is 5. The summed E-state index contributed by atoms with van der Waals surface area (Å²) >= 11 is 0. The second-order valence-electron chi connectivity index (χ2n) is 5.68. The summed E-state index contributed by atoms with van der Waals surface area (Å²) in [5.41, 5.74) is 0.440. The molecule has 0 spiro atoms. The van der Waals surface area contributed by atoms with Crippen LogP contribution >= 0.6 is 0 Å². The zero-order valence-electron chi connectivity index (χ0n) is 13.2. The fraction of sp³-hybridized carbons (Fsp3) is 0.400. The summed E-state index contributed by atoms with van der Waals surface area (Å²) in [6.45, 7) is -0.849. The molecule has 1 aromatic carbocycles. The number of fused-ring (bicyclic) bond motifs is 1. The second-order valence-corrected chi connectivity index (χ2v) is 5.68. The first-order valence-corrected chi connectivity index (χ1v) is 7.44. The third-order valence-electron chi connectivity index (χ3n) is 4.04. The topological polar surface area (TPSA) is 80.5 Å². The molecule has 10 heteroatoms. The van der Waals surface area contributed by atoms with E-state index < -0.39 is 30.2 Å². The number of carbonyl (C=O) groups is 1. The maximum Gasteiger partial charge on any atom is 0.387 e. The average molecular weight is 356 g/mol. The van der Waals surface area contributed by atoms with Gasteiger partial charge in [0.2, 0.25) is 0 Å². The normalized spacial score (nSPS) is 17.6. The molecule has 0 saturated heterocycles. The largest absolute Gasteiger partial charge is 0.480 e. The molecule has 1 atom stereocenters. The summed E-state index contributed by atoms with van der Waals surface area (Å²) in [4.78, 5) is 13.2. The van der Waals surface area contributed by atoms with Gasteiger partial charge in [-0.3, -0.25) is 9.69 Å². The standard InChI is InChI=1S/C15H15F3N4O3/c1-8-19-20-13-7-21(11(14(23)24)6-22(8)13)5-9-2-3-12(10(16)4-9)25-15(17)18/h2-4,11,15H,5-7H2,1H3,(H,23,24). The highest BCUT2D eigenvalue weighted by Crippen LogP contribution is 2.24. The smallest absolute Gasteiger partial charge is 0.387 e. The van der Waals surface area contributed by atoms with Gasteiger partial charge < -0.3 is 14.4 Å². The van der Waals surface area contributed by atoms with Gasteiger partial charge >= 0.3 is 12.6 Å². The maximum atomic E-state index is 13.8. The molecular weight excluding hydrogens is 341 g/mol. The van der Waals surface area contributed by atoms with Crippen LogP contribution in [-0.2, 0) is 24.4 Å². The van der Waals surface area contributed by atoms with Gasteiger partial charge in [-0.15, -0.1) is 10.2 Å². The van der Waals surface area contributed by atoms with E-state index in [4.69, 9.17) is 0 Å². The van der Waals surface area contributed by atoms with Crippen molar-refractivity contribution in [3.63, 3.8) is 0 Å². The lowest BCUT2D eigenvalue weighted by Gasteiger charge is -2.33. The summed E-state index contributed by atoms with van der Waals surface area (Å²) in [5, 5.41) is 17.4. The molecule has 3 rings (SSSR count). The first kappa shape index (κ1) is 17.2. The van der Waals surface area contributed by atoms with E-state index >= 15 is 0 Å². The van der Waals surface area contributed by atoms with Crippen LogP contribution in [0, 0.1) is 12.7 Å². The van der Waals surface area contributed by atoms with E-state index in [9.17, 15) is 23.1 Å². The summed E-state index contributed by atoms with van der Waals surface area (Å²) in [6, 6.07) is 2.75. The molecule has 1 aliphatic heterocycles. The van der Waals surface area contributed by atoms with Crippen LogP contribution in [0.3, 0.4) is 0 Å². The molecule has 2 heterocycles. The van der Waals surface area contributed by atoms with Gasteiger partial charge in [0.05, 0.1) is 13.1 Å². The predicted octanol–water partition coefficient (Wildman–Crippen LogP) is 1.80. The molecule has 7 nitrogen and oxygen atoms in total. The summed E-state index contributed by atoms with van der Waals surface area (Å²) in [5.74, 6) is -1.26. The first-order valence-electron chi connectivity index (χ1n) is 7.44. The second kappa shape index (κ2) is 6.71. The maximum absolute atomic E-state index is 13.8. The molecule has 134 valence electrons. The number of aromatic nitrogens is 3. The molecule has 0 saturated carbocycles. The Morgan fingerprint density at radius 3 is 2.84 bits per heavy atom. The predicted molar refractivity (Wildman–Crippen MR) is 78.5 cm³/mol. The molecule has 0 radical (unpaired) electrons. The van der Waals surface area contributed by atoms with Crippen molar-refractivity contribution in [3.05, 3.63) is 41.2 Å². The van der Waals surface area contributed by atoms with E-state index in [0.717, 1.165) is 12.1 Å². The molecule has 1 aromatic heterocycles. The number of aryl methyl sites for hydroxylation is 1. The molecule has 1 N–H and O–H groups in total. The molecule has 0 bridgehead atoms. The lowest BCUT2D eigenvalue weighted by atomic mass is 10.1. The Balaban J connectivity index is 1.81. The number of aliphatic carboxylic acids is 1. The third kappa shape index (κ3) is 3.58. The quantitative estimate of drug-likeness (QED) is 0.880. The summed E-state index contributed by atoms with van der Waals surface area (Å²) in [7, 11) is 0. The lowest BCUT2D eigenvalue weighted by Crippen LogP contribution is -2.47. The van der Waals surface area contributed by atoms with Gasteiger partial charge in [-0.25, -0.2) is 4.39 Å². The third-order valence-corrected chi connectivity index (χ3v) is 4.04. The van der Waals surface area contributed by atoms with Crippen molar-refractivity contribution in [2.75, 3.05) is 0 Å². The van der Waals surface area contributed by atoms with Crippen molar-refractivity contribution in [3.8, 4) is 5.75 Å². The Morgan fingerprint density at radius 1 is 1.44 bits per heavy atom. The van der Waals surface area contributed by atoms with Crippen molar-refractivity contribution >= 4 is 5.97 Å². The van der Waals surface area contributed by atoms with Crippen molar-refractivity contribution in [1.82, 2.24) is 19.7 Å². The number of ether oxygens (including phenoxy) is 1. The van der Waals surface area contributed by atoms with Crippen molar-refractivity contribution in [2.24, 2.45) is 0 Å². The van der Waals surface area contributed by atoms with Crippen LogP contribution in [-0.4, -0.2) is 43.4 Å². The lowest BCUT2D eigenvalue weighted by molar-refractivity contribution is -0.145. The molecule has 1 aliphatic rings. The fourth-order valence-corrected chi connectivity index (χ4v) is 2.83. The number of rotatable bonds is 5. The minimum atomic E-state index is -3.12. The van der Waals surface area contributed by atoms with Crippen LogP contribution in [0.15, 0.2) is 18.2 Å². The van der Waals surface area contributed by atoms with Crippen molar-refractivity contribution in [2.45, 2.75) is 39.2 Å². The Bertz CT molecular complexity index is 796. The van der Waals surface area contributed by atoms with Crippen molar-refractivity contribution in [1.29, 1.82) is 0 Å². The molecular formula is C15H15F3N4O3. The van der Waals surface area contributed by atoms with Crippen LogP contribution in [0.4, 0.5) is 13.2 Å². The zero-order chi connectivity index (χ0) is 18.1. The van der Waals surface area contributed by atoms with E-state index in [1.54, 1.807) is 16.4 Å². The minimum absolute atomic E-state index is 0.120. The summed E-state index contributed by atoms with van der Waals surface area (Å²) < 4.78 is 44.0. The number of alkyl halides is 2. The van der Waals surface area contributed by atoms with Crippen LogP contribution in [0.1, 0.15) is 17.2 Å². The van der Waals surface area contributed by atoms with Crippen LogP contribution < -0.4 is 4.74 Å². The molecule has 1 unspecified atom stereocenters. The Labute approximate surface area is 140 Å².